The maximum atomic E-state index is 4.67. The summed E-state index contributed by atoms with van der Waals surface area (Å²) in [7, 11) is 0. The zero-order chi connectivity index (χ0) is 13.7. The minimum Gasteiger partial charge on any atom is -0.361 e. The first-order valence-corrected chi connectivity index (χ1v) is 7.99. The van der Waals surface area contributed by atoms with E-state index in [0.29, 0.717) is 11.5 Å². The van der Waals surface area contributed by atoms with E-state index in [1.807, 2.05) is 11.8 Å². The van der Waals surface area contributed by atoms with Gasteiger partial charge in [-0.15, -0.1) is 0 Å². The fraction of sp³-hybridized carbons (Fsp3) is 0.562. The molecule has 0 radical (unpaired) electrons. The first-order valence-electron chi connectivity index (χ1n) is 7.01. The van der Waals surface area contributed by atoms with Crippen LogP contribution in [0.1, 0.15) is 32.8 Å². The molecule has 1 saturated heterocycles. The van der Waals surface area contributed by atoms with Gasteiger partial charge in [-0.2, -0.15) is 0 Å². The quantitative estimate of drug-likeness (QED) is 0.906. The molecule has 0 spiro atoms. The summed E-state index contributed by atoms with van der Waals surface area (Å²) in [5.41, 5.74) is 1.77. The summed E-state index contributed by atoms with van der Waals surface area (Å²) in [6, 6.07) is 11.2. The highest BCUT2D eigenvalue weighted by Crippen LogP contribution is 2.20. The van der Waals surface area contributed by atoms with Crippen LogP contribution in [0.4, 0.5) is 0 Å². The maximum absolute atomic E-state index is 4.67. The summed E-state index contributed by atoms with van der Waals surface area (Å²) in [6.07, 6.45) is 2.23. The van der Waals surface area contributed by atoms with Crippen LogP contribution in [0.2, 0.25) is 0 Å². The standard InChI is InChI=1S/C16H24N2S/c1-16(2,3)9-10-17-15-18-14(12-19-15)11-13-7-5-4-6-8-13/h4-8,14H,9-12H2,1-3H3,(H,17,18). The van der Waals surface area contributed by atoms with Crippen LogP contribution in [-0.4, -0.2) is 23.5 Å². The number of amidine groups is 1. The molecular formula is C16H24N2S. The van der Waals surface area contributed by atoms with Crippen molar-refractivity contribution in [2.75, 3.05) is 12.3 Å². The zero-order valence-electron chi connectivity index (χ0n) is 12.1. The average Bonchev–Trinajstić information content (AvgIpc) is 2.76. The van der Waals surface area contributed by atoms with E-state index in [9.17, 15) is 0 Å². The molecule has 1 heterocycles. The van der Waals surface area contributed by atoms with Gasteiger partial charge in [-0.25, -0.2) is 0 Å². The Balaban J connectivity index is 1.78. The minimum absolute atomic E-state index is 0.372. The number of nitrogens with one attached hydrogen (secondary N) is 1. The Labute approximate surface area is 121 Å². The predicted octanol–water partition coefficient (Wildman–Crippen LogP) is 3.73. The molecule has 0 aliphatic carbocycles. The molecule has 0 bridgehead atoms. The van der Waals surface area contributed by atoms with Gasteiger partial charge >= 0.3 is 0 Å². The second-order valence-electron chi connectivity index (χ2n) is 6.34. The normalized spacial score (nSPS) is 21.6. The summed E-state index contributed by atoms with van der Waals surface area (Å²) < 4.78 is 0. The second kappa shape index (κ2) is 6.47. The molecule has 1 aromatic rings. The molecule has 0 aromatic heterocycles. The minimum atomic E-state index is 0.372. The lowest BCUT2D eigenvalue weighted by atomic mass is 9.93. The van der Waals surface area contributed by atoms with Gasteiger partial charge in [0.15, 0.2) is 5.17 Å². The molecule has 1 aliphatic heterocycles. The Hall–Kier alpha value is -0.960. The number of thioether (sulfide) groups is 1. The van der Waals surface area contributed by atoms with Gasteiger partial charge in [-0.05, 0) is 23.8 Å². The second-order valence-corrected chi connectivity index (χ2v) is 7.35. The third kappa shape index (κ3) is 5.27. The molecular weight excluding hydrogens is 252 g/mol. The summed E-state index contributed by atoms with van der Waals surface area (Å²) in [5.74, 6) is 1.13. The van der Waals surface area contributed by atoms with Crippen LogP contribution < -0.4 is 5.32 Å². The van der Waals surface area contributed by atoms with Gasteiger partial charge in [-0.3, -0.25) is 4.99 Å². The lowest BCUT2D eigenvalue weighted by Crippen LogP contribution is -2.29. The van der Waals surface area contributed by atoms with Crippen molar-refractivity contribution in [1.82, 2.24) is 5.32 Å². The van der Waals surface area contributed by atoms with E-state index in [1.54, 1.807) is 0 Å². The third-order valence-electron chi connectivity index (χ3n) is 3.19. The van der Waals surface area contributed by atoms with E-state index < -0.39 is 0 Å². The van der Waals surface area contributed by atoms with E-state index >= 15 is 0 Å². The van der Waals surface area contributed by atoms with Crippen molar-refractivity contribution < 1.29 is 0 Å². The van der Waals surface area contributed by atoms with Crippen molar-refractivity contribution in [2.24, 2.45) is 10.4 Å². The zero-order valence-corrected chi connectivity index (χ0v) is 13.0. The molecule has 1 unspecified atom stereocenters. The highest BCUT2D eigenvalue weighted by Gasteiger charge is 2.20. The summed E-state index contributed by atoms with van der Waals surface area (Å²) in [5, 5.41) is 4.67. The van der Waals surface area contributed by atoms with Crippen LogP contribution in [0.5, 0.6) is 0 Å². The summed E-state index contributed by atoms with van der Waals surface area (Å²) >= 11 is 1.86. The van der Waals surface area contributed by atoms with E-state index in [2.05, 4.69) is 61.4 Å². The van der Waals surface area contributed by atoms with Crippen LogP contribution in [0.15, 0.2) is 35.3 Å². The molecule has 19 heavy (non-hydrogen) atoms. The average molecular weight is 276 g/mol. The van der Waals surface area contributed by atoms with Gasteiger partial charge in [0, 0.05) is 18.3 Å². The van der Waals surface area contributed by atoms with E-state index in [4.69, 9.17) is 0 Å². The van der Waals surface area contributed by atoms with Gasteiger partial charge in [0.1, 0.15) is 0 Å². The maximum Gasteiger partial charge on any atom is 0.156 e. The lowest BCUT2D eigenvalue weighted by Gasteiger charge is -2.16. The number of benzene rings is 1. The largest absolute Gasteiger partial charge is 0.361 e. The lowest BCUT2D eigenvalue weighted by molar-refractivity contribution is 0.385. The molecule has 1 N–H and O–H groups in total. The van der Waals surface area contributed by atoms with Crippen LogP contribution in [0, 0.1) is 5.41 Å². The summed E-state index contributed by atoms with van der Waals surface area (Å²) in [6.45, 7) is 7.72. The van der Waals surface area contributed by atoms with Gasteiger partial charge in [0.25, 0.3) is 0 Å². The molecule has 0 saturated carbocycles. The Morgan fingerprint density at radius 3 is 2.68 bits per heavy atom. The smallest absolute Gasteiger partial charge is 0.156 e. The first kappa shape index (κ1) is 14.4. The van der Waals surface area contributed by atoms with Gasteiger partial charge in [0.2, 0.25) is 0 Å². The highest BCUT2D eigenvalue weighted by atomic mass is 32.2. The summed E-state index contributed by atoms with van der Waals surface area (Å²) in [4.78, 5) is 4.67. The van der Waals surface area contributed by atoms with Crippen LogP contribution in [-0.2, 0) is 6.42 Å². The van der Waals surface area contributed by atoms with Crippen LogP contribution in [0.3, 0.4) is 0 Å². The Morgan fingerprint density at radius 1 is 1.26 bits per heavy atom. The van der Waals surface area contributed by atoms with E-state index in [-0.39, 0.29) is 0 Å². The molecule has 1 aliphatic rings. The molecule has 2 rings (SSSR count). The first-order chi connectivity index (χ1) is 9.03. The highest BCUT2D eigenvalue weighted by molar-refractivity contribution is 8.14. The van der Waals surface area contributed by atoms with Crippen molar-refractivity contribution in [3.63, 3.8) is 0 Å². The van der Waals surface area contributed by atoms with Crippen molar-refractivity contribution >= 4 is 16.9 Å². The van der Waals surface area contributed by atoms with Crippen LogP contribution in [0.25, 0.3) is 0 Å². The van der Waals surface area contributed by atoms with Crippen molar-refractivity contribution in [2.45, 2.75) is 39.7 Å². The SMILES string of the molecule is CC(C)(C)CCN=C1NC(Cc2ccccc2)CS1. The van der Waals surface area contributed by atoms with Gasteiger partial charge in [0.05, 0.1) is 0 Å². The predicted molar refractivity (Wildman–Crippen MR) is 85.9 cm³/mol. The fourth-order valence-corrected chi connectivity index (χ4v) is 3.02. The van der Waals surface area contributed by atoms with E-state index in [1.165, 1.54) is 5.56 Å². The molecule has 104 valence electrons. The van der Waals surface area contributed by atoms with Crippen molar-refractivity contribution in [1.29, 1.82) is 0 Å². The van der Waals surface area contributed by atoms with Gasteiger partial charge in [-0.1, -0.05) is 62.9 Å². The molecule has 1 fully saturated rings. The van der Waals surface area contributed by atoms with Crippen LogP contribution >= 0.6 is 11.8 Å². The van der Waals surface area contributed by atoms with Crippen molar-refractivity contribution in [3.05, 3.63) is 35.9 Å². The molecule has 3 heteroatoms. The number of hydrogen-bond acceptors (Lipinski definition) is 2. The fourth-order valence-electron chi connectivity index (χ4n) is 2.03. The number of rotatable bonds is 4. The molecule has 1 aromatic carbocycles. The monoisotopic (exact) mass is 276 g/mol. The molecule has 2 nitrogen and oxygen atoms in total. The topological polar surface area (TPSA) is 24.4 Å². The number of aliphatic imine (C=N–C) groups is 1. The van der Waals surface area contributed by atoms with Crippen molar-refractivity contribution in [3.8, 4) is 0 Å². The van der Waals surface area contributed by atoms with Gasteiger partial charge < -0.3 is 5.32 Å². The third-order valence-corrected chi connectivity index (χ3v) is 4.28. The number of nitrogens with zero attached hydrogens (tertiary/aromatic N) is 1. The Morgan fingerprint density at radius 2 is 2.00 bits per heavy atom. The Kier molecular flexibility index (Phi) is 4.92. The number of hydrogen-bond donors (Lipinski definition) is 1. The molecule has 1 atom stereocenters. The Bertz CT molecular complexity index is 420. The van der Waals surface area contributed by atoms with E-state index in [0.717, 1.165) is 30.3 Å². The molecule has 0 amide bonds.